The molecule has 1 heterocycles. The fourth-order valence-corrected chi connectivity index (χ4v) is 1.33. The summed E-state index contributed by atoms with van der Waals surface area (Å²) in [6.45, 7) is 2.65. The monoisotopic (exact) mass is 171 g/mol. The highest BCUT2D eigenvalue weighted by Gasteiger charge is 1.96. The van der Waals surface area contributed by atoms with Crippen LogP contribution < -0.4 is 0 Å². The summed E-state index contributed by atoms with van der Waals surface area (Å²) in [4.78, 5) is 4.10. The number of benzene rings is 1. The Bertz CT molecular complexity index is 364. The molecule has 0 saturated heterocycles. The first kappa shape index (κ1) is 8.05. The smallest absolute Gasteiger partial charge is 0.0253 e. The summed E-state index contributed by atoms with van der Waals surface area (Å²) < 4.78 is 0. The van der Waals surface area contributed by atoms with Crippen molar-refractivity contribution in [2.45, 2.75) is 6.92 Å². The zero-order valence-electron chi connectivity index (χ0n) is 7.57. The normalized spacial score (nSPS) is 15.0. The van der Waals surface area contributed by atoms with Gasteiger partial charge in [-0.1, -0.05) is 29.8 Å². The molecule has 66 valence electrons. The summed E-state index contributed by atoms with van der Waals surface area (Å²) in [7, 11) is 0. The Morgan fingerprint density at radius 1 is 1.38 bits per heavy atom. The molecule has 0 aliphatic carbocycles. The van der Waals surface area contributed by atoms with Crippen molar-refractivity contribution >= 4 is 11.8 Å². The highest BCUT2D eigenvalue weighted by molar-refractivity contribution is 6.10. The second-order valence-electron chi connectivity index (χ2n) is 3.09. The van der Waals surface area contributed by atoms with Gasteiger partial charge in [0.25, 0.3) is 0 Å². The van der Waals surface area contributed by atoms with E-state index in [2.05, 4.69) is 35.4 Å². The van der Waals surface area contributed by atoms with Gasteiger partial charge in [-0.2, -0.15) is 6.20 Å². The molecule has 2 rings (SSSR count). The molecular formula is C11H11N2-. The summed E-state index contributed by atoms with van der Waals surface area (Å²) in [5.74, 6) is 0. The van der Waals surface area contributed by atoms with Crippen LogP contribution >= 0.6 is 0 Å². The van der Waals surface area contributed by atoms with Crippen LogP contribution in [0, 0.1) is 6.92 Å². The van der Waals surface area contributed by atoms with Gasteiger partial charge in [0.1, 0.15) is 0 Å². The number of rotatable bonds is 1. The minimum atomic E-state index is 0.565. The van der Waals surface area contributed by atoms with Crippen molar-refractivity contribution in [3.8, 4) is 0 Å². The van der Waals surface area contributed by atoms with Crippen LogP contribution in [0.25, 0.3) is 10.9 Å². The maximum Gasteiger partial charge on any atom is 0.0253 e. The molecule has 0 amide bonds. The Hall–Kier alpha value is -1.57. The fraction of sp³-hybridized carbons (Fsp3) is 0.182. The second-order valence-corrected chi connectivity index (χ2v) is 3.09. The molecule has 1 aliphatic rings. The van der Waals surface area contributed by atoms with Gasteiger partial charge in [-0.15, -0.1) is 0 Å². The van der Waals surface area contributed by atoms with Crippen molar-refractivity contribution in [2.75, 3.05) is 6.67 Å². The molecule has 0 unspecified atom stereocenters. The molecule has 0 radical (unpaired) electrons. The quantitative estimate of drug-likeness (QED) is 0.621. The lowest BCUT2D eigenvalue weighted by molar-refractivity contribution is 1.20. The van der Waals surface area contributed by atoms with Crippen molar-refractivity contribution < 1.29 is 0 Å². The summed E-state index contributed by atoms with van der Waals surface area (Å²) in [5, 5.41) is 4.10. The molecule has 2 nitrogen and oxygen atoms in total. The zero-order valence-corrected chi connectivity index (χ0v) is 7.57. The van der Waals surface area contributed by atoms with Gasteiger partial charge in [-0.3, -0.25) is 0 Å². The van der Waals surface area contributed by atoms with Crippen molar-refractivity contribution in [1.29, 1.82) is 0 Å². The number of hydrogen-bond donors (Lipinski definition) is 0. The number of aliphatic imine (C=N–C) groups is 1. The standard InChI is InChI=1S/C11H11N2/c1-9-3-2-4-10(5-9)11-6-12-8-13-7-11/h2-7H,8H2,1H3/q-1. The average Bonchev–Trinajstić information content (AvgIpc) is 2.19. The van der Waals surface area contributed by atoms with Crippen molar-refractivity contribution in [3.05, 3.63) is 46.9 Å². The maximum absolute atomic E-state index is 4.10. The summed E-state index contributed by atoms with van der Waals surface area (Å²) in [6, 6.07) is 8.35. The van der Waals surface area contributed by atoms with E-state index in [4.69, 9.17) is 0 Å². The van der Waals surface area contributed by atoms with Gasteiger partial charge < -0.3 is 10.3 Å². The molecule has 1 aliphatic heterocycles. The summed E-state index contributed by atoms with van der Waals surface area (Å²) in [6.07, 6.45) is 3.75. The predicted octanol–water partition coefficient (Wildman–Crippen LogP) is 2.75. The topological polar surface area (TPSA) is 26.5 Å². The lowest BCUT2D eigenvalue weighted by Crippen LogP contribution is -1.92. The molecule has 0 saturated carbocycles. The van der Waals surface area contributed by atoms with Gasteiger partial charge in [-0.25, -0.2) is 0 Å². The largest absolute Gasteiger partial charge is 0.672 e. The van der Waals surface area contributed by atoms with E-state index in [-0.39, 0.29) is 0 Å². The SMILES string of the molecule is Cc1cccc(C2=C[N-]CN=C2)c1. The van der Waals surface area contributed by atoms with Gasteiger partial charge in [0, 0.05) is 6.21 Å². The Balaban J connectivity index is 2.35. The number of hydrogen-bond acceptors (Lipinski definition) is 1. The van der Waals surface area contributed by atoms with Gasteiger partial charge in [0.15, 0.2) is 0 Å². The Morgan fingerprint density at radius 3 is 3.00 bits per heavy atom. The van der Waals surface area contributed by atoms with E-state index < -0.39 is 0 Å². The first-order chi connectivity index (χ1) is 6.36. The molecule has 0 N–H and O–H groups in total. The van der Waals surface area contributed by atoms with Gasteiger partial charge in [-0.05, 0) is 24.7 Å². The molecule has 0 spiro atoms. The lowest BCUT2D eigenvalue weighted by Gasteiger charge is -2.18. The molecule has 1 aromatic rings. The van der Waals surface area contributed by atoms with Crippen molar-refractivity contribution in [1.82, 2.24) is 0 Å². The highest BCUT2D eigenvalue weighted by atomic mass is 15.0. The molecular weight excluding hydrogens is 160 g/mol. The molecule has 0 aromatic heterocycles. The number of aryl methyl sites for hydroxylation is 1. The first-order valence-corrected chi connectivity index (χ1v) is 4.30. The molecule has 13 heavy (non-hydrogen) atoms. The maximum atomic E-state index is 4.10. The Kier molecular flexibility index (Phi) is 2.13. The van der Waals surface area contributed by atoms with Crippen LogP contribution in [0.3, 0.4) is 0 Å². The molecule has 1 aromatic carbocycles. The minimum absolute atomic E-state index is 0.565. The van der Waals surface area contributed by atoms with Crippen LogP contribution in [0.1, 0.15) is 11.1 Å². The lowest BCUT2D eigenvalue weighted by atomic mass is 10.1. The number of nitrogens with zero attached hydrogens (tertiary/aromatic N) is 2. The van der Waals surface area contributed by atoms with E-state index in [9.17, 15) is 0 Å². The van der Waals surface area contributed by atoms with E-state index in [1.54, 1.807) is 0 Å². The average molecular weight is 171 g/mol. The molecule has 0 fully saturated rings. The summed E-state index contributed by atoms with van der Waals surface area (Å²) >= 11 is 0. The summed E-state index contributed by atoms with van der Waals surface area (Å²) in [5.41, 5.74) is 3.54. The van der Waals surface area contributed by atoms with E-state index in [0.717, 1.165) is 5.57 Å². The fourth-order valence-electron chi connectivity index (χ4n) is 1.33. The van der Waals surface area contributed by atoms with Crippen LogP contribution in [0.4, 0.5) is 0 Å². The van der Waals surface area contributed by atoms with Gasteiger partial charge in [0.2, 0.25) is 0 Å². The third-order valence-corrected chi connectivity index (χ3v) is 1.98. The molecule has 0 atom stereocenters. The molecule has 0 bridgehead atoms. The predicted molar refractivity (Wildman–Crippen MR) is 55.9 cm³/mol. The number of allylic oxidation sites excluding steroid dienone is 1. The van der Waals surface area contributed by atoms with E-state index in [1.807, 2.05) is 18.5 Å². The van der Waals surface area contributed by atoms with Crippen LogP contribution in [-0.4, -0.2) is 12.9 Å². The Morgan fingerprint density at radius 2 is 2.31 bits per heavy atom. The van der Waals surface area contributed by atoms with Crippen molar-refractivity contribution in [3.63, 3.8) is 0 Å². The van der Waals surface area contributed by atoms with Crippen molar-refractivity contribution in [2.24, 2.45) is 4.99 Å². The van der Waals surface area contributed by atoms with E-state index in [0.29, 0.717) is 6.67 Å². The molecule has 2 heteroatoms. The van der Waals surface area contributed by atoms with Crippen LogP contribution in [0.15, 0.2) is 35.5 Å². The first-order valence-electron chi connectivity index (χ1n) is 4.30. The van der Waals surface area contributed by atoms with Crippen LogP contribution in [-0.2, 0) is 0 Å². The van der Waals surface area contributed by atoms with Gasteiger partial charge in [0.05, 0.1) is 0 Å². The zero-order chi connectivity index (χ0) is 9.10. The van der Waals surface area contributed by atoms with Crippen LogP contribution in [0.2, 0.25) is 0 Å². The van der Waals surface area contributed by atoms with Crippen LogP contribution in [0.5, 0.6) is 0 Å². The second kappa shape index (κ2) is 3.44. The highest BCUT2D eigenvalue weighted by Crippen LogP contribution is 2.17. The minimum Gasteiger partial charge on any atom is -0.672 e. The third kappa shape index (κ3) is 1.78. The van der Waals surface area contributed by atoms with Gasteiger partial charge >= 0.3 is 0 Å². The van der Waals surface area contributed by atoms with E-state index >= 15 is 0 Å². The third-order valence-electron chi connectivity index (χ3n) is 1.98. The Labute approximate surface area is 78.0 Å². The van der Waals surface area contributed by atoms with E-state index in [1.165, 1.54) is 11.1 Å².